The summed E-state index contributed by atoms with van der Waals surface area (Å²) in [6.07, 6.45) is 0. The third-order valence-corrected chi connectivity index (χ3v) is 5.71. The van der Waals surface area contributed by atoms with Gasteiger partial charge >= 0.3 is 5.69 Å². The molecular formula is C24H24N4O4. The Morgan fingerprint density at radius 3 is 2.28 bits per heavy atom. The molecule has 1 aromatic heterocycles. The predicted octanol–water partition coefficient (Wildman–Crippen LogP) is 2.56. The van der Waals surface area contributed by atoms with Crippen LogP contribution in [-0.2, 0) is 18.9 Å². The monoisotopic (exact) mass is 432 g/mol. The highest BCUT2D eigenvalue weighted by molar-refractivity contribution is 6.07. The van der Waals surface area contributed by atoms with E-state index < -0.39 is 17.2 Å². The molecular weight excluding hydrogens is 408 g/mol. The smallest absolute Gasteiger partial charge is 0.332 e. The Labute approximate surface area is 184 Å². The molecule has 1 aliphatic rings. The van der Waals surface area contributed by atoms with Crippen molar-refractivity contribution < 1.29 is 9.53 Å². The lowest BCUT2D eigenvalue weighted by atomic mass is 9.81. The van der Waals surface area contributed by atoms with Crippen LogP contribution in [-0.4, -0.2) is 22.2 Å². The lowest BCUT2D eigenvalue weighted by Gasteiger charge is -2.31. The fraction of sp³-hybridized carbons (Fsp3) is 0.208. The van der Waals surface area contributed by atoms with Crippen molar-refractivity contribution in [2.75, 3.05) is 17.7 Å². The molecule has 1 unspecified atom stereocenters. The molecule has 2 aromatic carbocycles. The lowest BCUT2D eigenvalue weighted by molar-refractivity contribution is -0.113. The quantitative estimate of drug-likeness (QED) is 0.661. The molecule has 0 saturated carbocycles. The van der Waals surface area contributed by atoms with Crippen molar-refractivity contribution in [2.45, 2.75) is 12.8 Å². The highest BCUT2D eigenvalue weighted by Crippen LogP contribution is 2.40. The van der Waals surface area contributed by atoms with E-state index in [0.717, 1.165) is 10.1 Å². The highest BCUT2D eigenvalue weighted by atomic mass is 16.5. The normalized spacial score (nSPS) is 15.1. The molecule has 8 nitrogen and oxygen atoms in total. The van der Waals surface area contributed by atoms with Gasteiger partial charge in [-0.25, -0.2) is 4.79 Å². The van der Waals surface area contributed by atoms with Crippen molar-refractivity contribution in [1.29, 1.82) is 0 Å². The van der Waals surface area contributed by atoms with Crippen LogP contribution in [0, 0.1) is 0 Å². The molecule has 8 heteroatoms. The number of carbonyl (C=O) groups excluding carboxylic acids is 1. The fourth-order valence-electron chi connectivity index (χ4n) is 4.04. The molecule has 0 bridgehead atoms. The van der Waals surface area contributed by atoms with Gasteiger partial charge in [0, 0.05) is 31.1 Å². The van der Waals surface area contributed by atoms with E-state index in [2.05, 4.69) is 10.6 Å². The van der Waals surface area contributed by atoms with E-state index in [1.807, 2.05) is 30.3 Å². The van der Waals surface area contributed by atoms with Crippen LogP contribution in [0.1, 0.15) is 24.0 Å². The summed E-state index contributed by atoms with van der Waals surface area (Å²) in [5.41, 5.74) is 1.79. The van der Waals surface area contributed by atoms with E-state index in [4.69, 9.17) is 4.74 Å². The number of nitrogens with one attached hydrogen (secondary N) is 2. The number of amides is 1. The Morgan fingerprint density at radius 1 is 1.00 bits per heavy atom. The van der Waals surface area contributed by atoms with Crippen LogP contribution in [0.5, 0.6) is 5.75 Å². The first-order valence-corrected chi connectivity index (χ1v) is 10.1. The molecule has 164 valence electrons. The summed E-state index contributed by atoms with van der Waals surface area (Å²) in [6.45, 7) is 1.77. The van der Waals surface area contributed by atoms with Gasteiger partial charge in [-0.2, -0.15) is 0 Å². The van der Waals surface area contributed by atoms with Crippen LogP contribution >= 0.6 is 0 Å². The molecule has 2 N–H and O–H groups in total. The number of carbonyl (C=O) groups is 1. The summed E-state index contributed by atoms with van der Waals surface area (Å²) >= 11 is 0. The topological polar surface area (TPSA) is 94.4 Å². The number of allylic oxidation sites excluding steroid dienone is 1. The van der Waals surface area contributed by atoms with E-state index in [9.17, 15) is 14.4 Å². The van der Waals surface area contributed by atoms with Crippen molar-refractivity contribution in [3.63, 3.8) is 0 Å². The van der Waals surface area contributed by atoms with Crippen LogP contribution in [0.25, 0.3) is 0 Å². The Kier molecular flexibility index (Phi) is 5.44. The van der Waals surface area contributed by atoms with Crippen molar-refractivity contribution in [3.8, 4) is 5.75 Å². The molecule has 1 atom stereocenters. The van der Waals surface area contributed by atoms with Crippen LogP contribution in [0.2, 0.25) is 0 Å². The second-order valence-electron chi connectivity index (χ2n) is 7.66. The van der Waals surface area contributed by atoms with Crippen LogP contribution in [0.4, 0.5) is 11.5 Å². The average Bonchev–Trinajstić information content (AvgIpc) is 2.81. The fourth-order valence-corrected chi connectivity index (χ4v) is 4.04. The van der Waals surface area contributed by atoms with Crippen LogP contribution in [0.3, 0.4) is 0 Å². The van der Waals surface area contributed by atoms with Gasteiger partial charge in [-0.1, -0.05) is 30.3 Å². The summed E-state index contributed by atoms with van der Waals surface area (Å²) in [6, 6.07) is 16.3. The van der Waals surface area contributed by atoms with Crippen molar-refractivity contribution in [3.05, 3.63) is 97.8 Å². The number of anilines is 2. The number of fused-ring (bicyclic) bond motifs is 1. The van der Waals surface area contributed by atoms with Crippen molar-refractivity contribution in [1.82, 2.24) is 9.13 Å². The second kappa shape index (κ2) is 8.22. The largest absolute Gasteiger partial charge is 0.497 e. The molecule has 0 saturated heterocycles. The van der Waals surface area contributed by atoms with E-state index in [1.54, 1.807) is 45.3 Å². The summed E-state index contributed by atoms with van der Waals surface area (Å²) in [4.78, 5) is 39.2. The molecule has 2 heterocycles. The molecule has 4 rings (SSSR count). The first-order valence-electron chi connectivity index (χ1n) is 10.1. The number of methoxy groups -OCH3 is 1. The predicted molar refractivity (Wildman–Crippen MR) is 123 cm³/mol. The van der Waals surface area contributed by atoms with Gasteiger partial charge < -0.3 is 15.4 Å². The van der Waals surface area contributed by atoms with E-state index in [-0.39, 0.29) is 5.91 Å². The molecule has 0 fully saturated rings. The van der Waals surface area contributed by atoms with Gasteiger partial charge in [0.2, 0.25) is 0 Å². The summed E-state index contributed by atoms with van der Waals surface area (Å²) in [5, 5.41) is 6.04. The van der Waals surface area contributed by atoms with Gasteiger partial charge in [0.05, 0.1) is 18.6 Å². The zero-order valence-electron chi connectivity index (χ0n) is 18.3. The minimum atomic E-state index is -0.675. The maximum absolute atomic E-state index is 13.4. The lowest BCUT2D eigenvalue weighted by Crippen LogP contribution is -2.43. The molecule has 1 amide bonds. The Morgan fingerprint density at radius 2 is 1.66 bits per heavy atom. The third-order valence-electron chi connectivity index (χ3n) is 5.71. The molecule has 1 aliphatic heterocycles. The van der Waals surface area contributed by atoms with Crippen LogP contribution < -0.4 is 26.6 Å². The maximum atomic E-state index is 13.4. The number of para-hydroxylation sites is 1. The average molecular weight is 432 g/mol. The molecule has 32 heavy (non-hydrogen) atoms. The minimum Gasteiger partial charge on any atom is -0.497 e. The van der Waals surface area contributed by atoms with Gasteiger partial charge in [0.15, 0.2) is 0 Å². The van der Waals surface area contributed by atoms with Crippen molar-refractivity contribution >= 4 is 17.4 Å². The maximum Gasteiger partial charge on any atom is 0.332 e. The number of aromatic nitrogens is 2. The molecule has 0 aliphatic carbocycles. The minimum absolute atomic E-state index is 0.330. The number of ether oxygens (including phenoxy) is 1. The highest BCUT2D eigenvalue weighted by Gasteiger charge is 2.36. The van der Waals surface area contributed by atoms with Crippen molar-refractivity contribution in [2.24, 2.45) is 14.1 Å². The Hall–Kier alpha value is -4.07. The standard InChI is InChI=1S/C24H24N4O4/c1-14-18(22(29)26-16-8-6-5-7-9-16)19(15-10-12-17(32-4)13-11-15)20-21(25-14)27(2)24(31)28(3)23(20)30/h5-13,19,25H,1-4H3,(H,26,29). The SMILES string of the molecule is COc1ccc(C2C(C(=O)Nc3ccccc3)=C(C)Nc3c2c(=O)n(C)c(=O)n3C)cc1. The van der Waals surface area contributed by atoms with Gasteiger partial charge in [0.25, 0.3) is 11.5 Å². The van der Waals surface area contributed by atoms with Gasteiger partial charge in [-0.15, -0.1) is 0 Å². The Balaban J connectivity index is 1.93. The first-order chi connectivity index (χ1) is 15.3. The van der Waals surface area contributed by atoms with Gasteiger partial charge in [-0.3, -0.25) is 18.7 Å². The summed E-state index contributed by atoms with van der Waals surface area (Å²) < 4.78 is 7.71. The number of rotatable bonds is 4. The number of hydrogen-bond acceptors (Lipinski definition) is 5. The van der Waals surface area contributed by atoms with Crippen LogP contribution in [0.15, 0.2) is 75.5 Å². The zero-order chi connectivity index (χ0) is 23.0. The number of benzene rings is 2. The first kappa shape index (κ1) is 21.2. The molecule has 0 radical (unpaired) electrons. The number of nitrogens with zero attached hydrogens (tertiary/aromatic N) is 2. The molecule has 3 aromatic rings. The van der Waals surface area contributed by atoms with E-state index in [0.29, 0.717) is 34.1 Å². The van der Waals surface area contributed by atoms with Gasteiger partial charge in [0.1, 0.15) is 11.6 Å². The summed E-state index contributed by atoms with van der Waals surface area (Å²) in [5.74, 6) is 0.0369. The van der Waals surface area contributed by atoms with E-state index in [1.165, 1.54) is 11.6 Å². The second-order valence-corrected chi connectivity index (χ2v) is 7.66. The third kappa shape index (κ3) is 3.49. The summed E-state index contributed by atoms with van der Waals surface area (Å²) in [7, 11) is 4.61. The number of hydrogen-bond donors (Lipinski definition) is 2. The molecule has 0 spiro atoms. The van der Waals surface area contributed by atoms with E-state index >= 15 is 0 Å². The Bertz CT molecular complexity index is 1340. The van der Waals surface area contributed by atoms with Gasteiger partial charge in [-0.05, 0) is 36.8 Å². The zero-order valence-corrected chi connectivity index (χ0v) is 18.3.